The second kappa shape index (κ2) is 4.68. The van der Waals surface area contributed by atoms with Gasteiger partial charge in [-0.05, 0) is 42.9 Å². The molecule has 0 aliphatic carbocycles. The predicted octanol–water partition coefficient (Wildman–Crippen LogP) is 2.49. The molecule has 5 nitrogen and oxygen atoms in total. The van der Waals surface area contributed by atoms with Crippen LogP contribution in [0.1, 0.15) is 11.4 Å². The van der Waals surface area contributed by atoms with Crippen LogP contribution in [0.5, 0.6) is 5.75 Å². The van der Waals surface area contributed by atoms with Gasteiger partial charge in [-0.25, -0.2) is 0 Å². The number of nitrogens with one attached hydrogen (secondary N) is 1. The molecule has 1 heterocycles. The molecule has 0 aliphatic rings. The Hall–Kier alpha value is -1.66. The van der Waals surface area contributed by atoms with Gasteiger partial charge in [-0.15, -0.1) is 0 Å². The Morgan fingerprint density at radius 2 is 2.35 bits per heavy atom. The Morgan fingerprint density at radius 3 is 2.94 bits per heavy atom. The summed E-state index contributed by atoms with van der Waals surface area (Å²) >= 11 is 10.8. The predicted molar refractivity (Wildman–Crippen MR) is 68.3 cm³/mol. The van der Waals surface area contributed by atoms with Crippen LogP contribution in [-0.2, 0) is 0 Å². The molecular weight excluding hydrogens is 260 g/mol. The number of phenols is 1. The lowest BCUT2D eigenvalue weighted by Gasteiger charge is -1.98. The number of nitrogens with zero attached hydrogens (tertiary/aromatic N) is 3. The highest BCUT2D eigenvalue weighted by Gasteiger charge is 1.99. The summed E-state index contributed by atoms with van der Waals surface area (Å²) in [6.45, 7) is 1.79. The monoisotopic (exact) mass is 268 g/mol. The van der Waals surface area contributed by atoms with Crippen molar-refractivity contribution < 1.29 is 5.11 Å². The number of aromatic nitrogens is 3. The summed E-state index contributed by atoms with van der Waals surface area (Å²) in [6.07, 6.45) is 1.59. The molecule has 0 saturated carbocycles. The third kappa shape index (κ3) is 2.54. The number of H-pyrrole nitrogens is 1. The molecule has 2 aromatic rings. The normalized spacial score (nSPS) is 11.2. The highest BCUT2D eigenvalue weighted by atomic mass is 35.5. The molecule has 0 bridgehead atoms. The molecular formula is C10H9ClN4OS. The van der Waals surface area contributed by atoms with E-state index in [-0.39, 0.29) is 10.8 Å². The fourth-order valence-corrected chi connectivity index (χ4v) is 1.65. The zero-order valence-electron chi connectivity index (χ0n) is 8.88. The van der Waals surface area contributed by atoms with Crippen LogP contribution in [-0.4, -0.2) is 26.2 Å². The maximum atomic E-state index is 9.27. The van der Waals surface area contributed by atoms with E-state index in [4.69, 9.17) is 23.8 Å². The van der Waals surface area contributed by atoms with E-state index >= 15 is 0 Å². The van der Waals surface area contributed by atoms with Crippen molar-refractivity contribution in [3.8, 4) is 5.75 Å². The summed E-state index contributed by atoms with van der Waals surface area (Å²) in [5.41, 5.74) is 0.760. The number of benzene rings is 1. The fraction of sp³-hybridized carbons (Fsp3) is 0.100. The first kappa shape index (κ1) is 11.8. The standard InChI is InChI=1S/C10H9ClN4OS/c1-6-13-14-10(17)15(6)12-5-7-2-3-9(16)8(11)4-7/h2-5,16H,1H3,(H,14,17)/b12-5-. The minimum absolute atomic E-state index is 0.0416. The molecule has 2 N–H and O–H groups in total. The van der Waals surface area contributed by atoms with Gasteiger partial charge in [0.25, 0.3) is 0 Å². The second-order valence-corrected chi connectivity index (χ2v) is 4.14. The minimum atomic E-state index is 0.0416. The molecule has 0 unspecified atom stereocenters. The van der Waals surface area contributed by atoms with Gasteiger partial charge in [-0.1, -0.05) is 11.6 Å². The summed E-state index contributed by atoms with van der Waals surface area (Å²) in [5, 5.41) is 20.3. The Balaban J connectivity index is 2.32. The van der Waals surface area contributed by atoms with Crippen molar-refractivity contribution in [3.63, 3.8) is 0 Å². The lowest BCUT2D eigenvalue weighted by molar-refractivity contribution is 0.475. The summed E-state index contributed by atoms with van der Waals surface area (Å²) < 4.78 is 1.92. The lowest BCUT2D eigenvalue weighted by Crippen LogP contribution is -1.93. The smallest absolute Gasteiger partial charge is 0.216 e. The van der Waals surface area contributed by atoms with Crippen LogP contribution in [0, 0.1) is 11.7 Å². The first-order valence-corrected chi connectivity index (χ1v) is 5.53. The molecule has 0 aliphatic heterocycles. The van der Waals surface area contributed by atoms with Gasteiger partial charge < -0.3 is 5.11 Å². The Morgan fingerprint density at radius 1 is 1.59 bits per heavy atom. The molecule has 0 amide bonds. The van der Waals surface area contributed by atoms with Crippen molar-refractivity contribution in [3.05, 3.63) is 39.4 Å². The van der Waals surface area contributed by atoms with E-state index in [1.807, 2.05) is 0 Å². The molecule has 1 aromatic heterocycles. The van der Waals surface area contributed by atoms with Crippen LogP contribution in [0.15, 0.2) is 23.3 Å². The number of aromatic hydroxyl groups is 1. The zero-order valence-corrected chi connectivity index (χ0v) is 10.5. The minimum Gasteiger partial charge on any atom is -0.506 e. The van der Waals surface area contributed by atoms with Crippen molar-refractivity contribution in [1.29, 1.82) is 0 Å². The average molecular weight is 269 g/mol. The van der Waals surface area contributed by atoms with Gasteiger partial charge in [0.15, 0.2) is 0 Å². The molecule has 1 aromatic carbocycles. The van der Waals surface area contributed by atoms with Gasteiger partial charge in [0.2, 0.25) is 4.77 Å². The number of hydrogen-bond donors (Lipinski definition) is 2. The number of phenolic OH excluding ortho intramolecular Hbond substituents is 1. The summed E-state index contributed by atoms with van der Waals surface area (Å²) in [6, 6.07) is 4.81. The first-order valence-electron chi connectivity index (χ1n) is 4.75. The van der Waals surface area contributed by atoms with Crippen molar-refractivity contribution in [2.75, 3.05) is 0 Å². The second-order valence-electron chi connectivity index (χ2n) is 3.34. The van der Waals surface area contributed by atoms with Crippen molar-refractivity contribution in [1.82, 2.24) is 14.9 Å². The van der Waals surface area contributed by atoms with Crippen molar-refractivity contribution in [2.24, 2.45) is 5.10 Å². The topological polar surface area (TPSA) is 66.2 Å². The van der Waals surface area contributed by atoms with Gasteiger partial charge in [0.1, 0.15) is 11.6 Å². The quantitative estimate of drug-likeness (QED) is 0.650. The number of aromatic amines is 1. The Labute approximate surface area is 107 Å². The zero-order chi connectivity index (χ0) is 12.4. The van der Waals surface area contributed by atoms with Gasteiger partial charge >= 0.3 is 0 Å². The molecule has 0 saturated heterocycles. The molecule has 0 atom stereocenters. The van der Waals surface area contributed by atoms with Crippen LogP contribution >= 0.6 is 23.8 Å². The van der Waals surface area contributed by atoms with E-state index < -0.39 is 0 Å². The van der Waals surface area contributed by atoms with Crippen LogP contribution in [0.4, 0.5) is 0 Å². The SMILES string of the molecule is Cc1n[nH]c(=S)n1/N=C\c1ccc(O)c(Cl)c1. The van der Waals surface area contributed by atoms with Gasteiger partial charge in [0.05, 0.1) is 11.2 Å². The lowest BCUT2D eigenvalue weighted by atomic mass is 10.2. The molecule has 7 heteroatoms. The van der Waals surface area contributed by atoms with E-state index in [0.29, 0.717) is 10.6 Å². The van der Waals surface area contributed by atoms with E-state index in [0.717, 1.165) is 5.56 Å². The van der Waals surface area contributed by atoms with Crippen LogP contribution in [0.3, 0.4) is 0 Å². The largest absolute Gasteiger partial charge is 0.506 e. The van der Waals surface area contributed by atoms with Crippen LogP contribution in [0.2, 0.25) is 5.02 Å². The van der Waals surface area contributed by atoms with E-state index in [1.165, 1.54) is 10.7 Å². The summed E-state index contributed by atoms with van der Waals surface area (Å²) in [5.74, 6) is 0.705. The van der Waals surface area contributed by atoms with E-state index in [9.17, 15) is 5.11 Å². The molecule has 2 rings (SSSR count). The van der Waals surface area contributed by atoms with Crippen molar-refractivity contribution >= 4 is 30.0 Å². The fourth-order valence-electron chi connectivity index (χ4n) is 1.23. The van der Waals surface area contributed by atoms with Crippen LogP contribution < -0.4 is 0 Å². The third-order valence-corrected chi connectivity index (χ3v) is 2.67. The summed E-state index contributed by atoms with van der Waals surface area (Å²) in [7, 11) is 0. The average Bonchev–Trinajstić information content (AvgIpc) is 2.61. The Bertz CT molecular complexity index is 631. The maximum absolute atomic E-state index is 9.27. The molecule has 0 radical (unpaired) electrons. The maximum Gasteiger partial charge on any atom is 0.216 e. The highest BCUT2D eigenvalue weighted by molar-refractivity contribution is 7.71. The van der Waals surface area contributed by atoms with Gasteiger partial charge in [-0.2, -0.15) is 14.9 Å². The number of rotatable bonds is 2. The number of hydrogen-bond acceptors (Lipinski definition) is 4. The Kier molecular flexibility index (Phi) is 3.26. The molecule has 17 heavy (non-hydrogen) atoms. The van der Waals surface area contributed by atoms with Gasteiger partial charge in [0, 0.05) is 0 Å². The molecule has 88 valence electrons. The first-order chi connectivity index (χ1) is 8.08. The number of halogens is 1. The third-order valence-electron chi connectivity index (χ3n) is 2.11. The molecule has 0 spiro atoms. The molecule has 0 fully saturated rings. The van der Waals surface area contributed by atoms with Gasteiger partial charge in [-0.3, -0.25) is 5.10 Å². The van der Waals surface area contributed by atoms with E-state index in [2.05, 4.69) is 15.3 Å². The number of aryl methyl sites for hydroxylation is 1. The van der Waals surface area contributed by atoms with Crippen molar-refractivity contribution in [2.45, 2.75) is 6.92 Å². The summed E-state index contributed by atoms with van der Waals surface area (Å²) in [4.78, 5) is 0. The highest BCUT2D eigenvalue weighted by Crippen LogP contribution is 2.22. The van der Waals surface area contributed by atoms with E-state index in [1.54, 1.807) is 25.3 Å². The van der Waals surface area contributed by atoms with Crippen LogP contribution in [0.25, 0.3) is 0 Å².